The topological polar surface area (TPSA) is 18.5 Å². The van der Waals surface area contributed by atoms with Crippen LogP contribution < -0.4 is 14.9 Å². The Morgan fingerprint density at radius 2 is 1.34 bits per heavy atom. The monoisotopic (exact) mass is 608 g/mol. The first-order valence-corrected chi connectivity index (χ1v) is 15.9. The number of aryl methyl sites for hydroxylation is 2. The first kappa shape index (κ1) is 29.5. The maximum atomic E-state index is 6.58. The Hall–Kier alpha value is -2.98. The van der Waals surface area contributed by atoms with Crippen molar-refractivity contribution >= 4 is 29.2 Å². The standard InChI is InChI=1S/C37H42BBrO2/c1-7-23(3)21-40-35-16-11-27(18-36(35)41-22-24(4)8-2)37(32-17-25(5)9-10-26(32)6)33-19-28(38)12-14-30(33)31-15-13-29(39)20-34(31)37/h9-20,23-24H,7-8,21-22,38H2,1-6H3. The Bertz CT molecular complexity index is 1510. The lowest BCUT2D eigenvalue weighted by Gasteiger charge is -2.36. The van der Waals surface area contributed by atoms with E-state index in [-0.39, 0.29) is 0 Å². The van der Waals surface area contributed by atoms with Gasteiger partial charge in [-0.15, -0.1) is 0 Å². The summed E-state index contributed by atoms with van der Waals surface area (Å²) in [5.74, 6) is 2.59. The van der Waals surface area contributed by atoms with Gasteiger partial charge in [-0.3, -0.25) is 0 Å². The summed E-state index contributed by atoms with van der Waals surface area (Å²) in [5.41, 5.74) is 11.0. The van der Waals surface area contributed by atoms with Crippen LogP contribution in [-0.4, -0.2) is 21.1 Å². The molecule has 4 aromatic carbocycles. The average Bonchev–Trinajstić information content (AvgIpc) is 3.24. The molecule has 0 saturated heterocycles. The van der Waals surface area contributed by atoms with Crippen LogP contribution in [0.3, 0.4) is 0 Å². The van der Waals surface area contributed by atoms with Crippen LogP contribution in [0.15, 0.2) is 77.3 Å². The number of rotatable bonds is 10. The largest absolute Gasteiger partial charge is 0.489 e. The number of hydrogen-bond acceptors (Lipinski definition) is 2. The van der Waals surface area contributed by atoms with E-state index in [4.69, 9.17) is 9.47 Å². The number of halogens is 1. The summed E-state index contributed by atoms with van der Waals surface area (Å²) in [6, 6.07) is 27.2. The summed E-state index contributed by atoms with van der Waals surface area (Å²) in [6.45, 7) is 14.7. The van der Waals surface area contributed by atoms with Gasteiger partial charge >= 0.3 is 0 Å². The van der Waals surface area contributed by atoms with E-state index in [0.29, 0.717) is 25.0 Å². The molecule has 0 aliphatic heterocycles. The smallest absolute Gasteiger partial charge is 0.161 e. The molecule has 0 radical (unpaired) electrons. The maximum Gasteiger partial charge on any atom is 0.161 e. The molecule has 0 heterocycles. The van der Waals surface area contributed by atoms with Crippen molar-refractivity contribution in [2.45, 2.75) is 59.8 Å². The normalized spacial score (nSPS) is 17.0. The molecule has 4 aromatic rings. The van der Waals surface area contributed by atoms with Crippen molar-refractivity contribution in [3.8, 4) is 22.6 Å². The van der Waals surface area contributed by atoms with Gasteiger partial charge in [0, 0.05) is 4.47 Å². The molecule has 3 atom stereocenters. The maximum absolute atomic E-state index is 6.58. The molecule has 1 aliphatic carbocycles. The highest BCUT2D eigenvalue weighted by molar-refractivity contribution is 9.10. The van der Waals surface area contributed by atoms with Crippen LogP contribution in [0.1, 0.15) is 73.9 Å². The van der Waals surface area contributed by atoms with Crippen LogP contribution in [0.25, 0.3) is 11.1 Å². The predicted octanol–water partition coefficient (Wildman–Crippen LogP) is 8.54. The molecule has 0 fully saturated rings. The van der Waals surface area contributed by atoms with E-state index in [0.717, 1.165) is 28.8 Å². The van der Waals surface area contributed by atoms with Gasteiger partial charge in [0.05, 0.1) is 18.6 Å². The van der Waals surface area contributed by atoms with E-state index in [1.807, 2.05) is 0 Å². The highest BCUT2D eigenvalue weighted by Gasteiger charge is 2.47. The van der Waals surface area contributed by atoms with Crippen molar-refractivity contribution in [2.24, 2.45) is 11.8 Å². The first-order valence-electron chi connectivity index (χ1n) is 15.1. The SMILES string of the molecule is Bc1ccc2c(c1)C(c1ccc(OCC(C)CC)c(OCC(C)CC)c1)(c1cc(C)ccc1C)c1cc(Br)ccc1-2. The minimum Gasteiger partial charge on any atom is -0.489 e. The Labute approximate surface area is 256 Å². The number of ether oxygens (including phenoxy) is 2. The molecule has 0 N–H and O–H groups in total. The van der Waals surface area contributed by atoms with Crippen molar-refractivity contribution in [2.75, 3.05) is 13.2 Å². The zero-order valence-electron chi connectivity index (χ0n) is 25.6. The number of fused-ring (bicyclic) bond motifs is 3. The second kappa shape index (κ2) is 12.1. The fourth-order valence-electron chi connectivity index (χ4n) is 5.98. The minimum atomic E-state index is -0.500. The summed E-state index contributed by atoms with van der Waals surface area (Å²) in [4.78, 5) is 0. The Morgan fingerprint density at radius 3 is 2.02 bits per heavy atom. The molecule has 4 heteroatoms. The Kier molecular flexibility index (Phi) is 8.71. The van der Waals surface area contributed by atoms with Gasteiger partial charge in [0.25, 0.3) is 0 Å². The van der Waals surface area contributed by atoms with Crippen molar-refractivity contribution in [1.82, 2.24) is 0 Å². The molecular formula is C37H42BBrO2. The van der Waals surface area contributed by atoms with Gasteiger partial charge in [-0.25, -0.2) is 0 Å². The lowest BCUT2D eigenvalue weighted by molar-refractivity contribution is 0.217. The molecule has 1 aliphatic rings. The van der Waals surface area contributed by atoms with Gasteiger partial charge in [-0.2, -0.15) is 0 Å². The lowest BCUT2D eigenvalue weighted by atomic mass is 9.65. The first-order chi connectivity index (χ1) is 19.7. The third kappa shape index (κ3) is 5.48. The minimum absolute atomic E-state index is 0.459. The zero-order chi connectivity index (χ0) is 29.3. The highest BCUT2D eigenvalue weighted by Crippen LogP contribution is 2.57. The fourth-order valence-corrected chi connectivity index (χ4v) is 6.34. The van der Waals surface area contributed by atoms with Gasteiger partial charge in [0.15, 0.2) is 11.5 Å². The van der Waals surface area contributed by atoms with Crippen molar-refractivity contribution in [3.05, 3.63) is 111 Å². The van der Waals surface area contributed by atoms with Crippen LogP contribution in [0, 0.1) is 25.7 Å². The molecular weight excluding hydrogens is 567 g/mol. The lowest BCUT2D eigenvalue weighted by Crippen LogP contribution is -2.31. The second-order valence-corrected chi connectivity index (χ2v) is 13.0. The third-order valence-electron chi connectivity index (χ3n) is 8.87. The Balaban J connectivity index is 1.82. The summed E-state index contributed by atoms with van der Waals surface area (Å²) in [7, 11) is 2.19. The highest BCUT2D eigenvalue weighted by atomic mass is 79.9. The summed E-state index contributed by atoms with van der Waals surface area (Å²) >= 11 is 3.82. The molecule has 0 amide bonds. The van der Waals surface area contributed by atoms with Crippen LogP contribution >= 0.6 is 15.9 Å². The number of hydrogen-bond donors (Lipinski definition) is 0. The van der Waals surface area contributed by atoms with Gasteiger partial charge in [0.1, 0.15) is 7.85 Å². The van der Waals surface area contributed by atoms with Crippen LogP contribution in [0.5, 0.6) is 11.5 Å². The molecule has 0 aromatic heterocycles. The van der Waals surface area contributed by atoms with E-state index < -0.39 is 5.41 Å². The molecule has 0 bridgehead atoms. The molecule has 0 saturated carbocycles. The van der Waals surface area contributed by atoms with Crippen molar-refractivity contribution in [1.29, 1.82) is 0 Å². The molecule has 2 nitrogen and oxygen atoms in total. The molecule has 41 heavy (non-hydrogen) atoms. The van der Waals surface area contributed by atoms with Gasteiger partial charge < -0.3 is 9.47 Å². The van der Waals surface area contributed by atoms with Crippen LogP contribution in [0.2, 0.25) is 0 Å². The van der Waals surface area contributed by atoms with Crippen molar-refractivity contribution < 1.29 is 9.47 Å². The predicted molar refractivity (Wildman–Crippen MR) is 179 cm³/mol. The quantitative estimate of drug-likeness (QED) is 0.148. The van der Waals surface area contributed by atoms with Crippen molar-refractivity contribution in [3.63, 3.8) is 0 Å². The molecule has 5 rings (SSSR count). The van der Waals surface area contributed by atoms with Gasteiger partial charge in [-0.05, 0) is 88.9 Å². The third-order valence-corrected chi connectivity index (χ3v) is 9.36. The van der Waals surface area contributed by atoms with E-state index in [2.05, 4.69) is 138 Å². The van der Waals surface area contributed by atoms with Crippen LogP contribution in [0.4, 0.5) is 0 Å². The number of benzene rings is 4. The summed E-state index contributed by atoms with van der Waals surface area (Å²) in [5, 5.41) is 0. The van der Waals surface area contributed by atoms with E-state index in [1.165, 1.54) is 50.0 Å². The van der Waals surface area contributed by atoms with E-state index in [1.54, 1.807) is 0 Å². The molecule has 212 valence electrons. The van der Waals surface area contributed by atoms with E-state index in [9.17, 15) is 0 Å². The zero-order valence-corrected chi connectivity index (χ0v) is 27.2. The molecule has 3 unspecified atom stereocenters. The summed E-state index contributed by atoms with van der Waals surface area (Å²) < 4.78 is 14.1. The summed E-state index contributed by atoms with van der Waals surface area (Å²) in [6.07, 6.45) is 2.15. The van der Waals surface area contributed by atoms with Gasteiger partial charge in [-0.1, -0.05) is 116 Å². The average molecular weight is 609 g/mol. The Morgan fingerprint density at radius 1 is 0.707 bits per heavy atom. The fraction of sp³-hybridized carbons (Fsp3) is 0.351. The van der Waals surface area contributed by atoms with Gasteiger partial charge in [0.2, 0.25) is 0 Å². The van der Waals surface area contributed by atoms with Crippen LogP contribution in [-0.2, 0) is 5.41 Å². The molecule has 0 spiro atoms. The van der Waals surface area contributed by atoms with E-state index >= 15 is 0 Å². The second-order valence-electron chi connectivity index (χ2n) is 12.1.